The molecule has 1 atom stereocenters. The van der Waals surface area contributed by atoms with Gasteiger partial charge in [-0.05, 0) is 67.2 Å². The number of nitrogens with one attached hydrogen (secondary N) is 1. The number of hydrogen-bond donors (Lipinski definition) is 1. The highest BCUT2D eigenvalue weighted by molar-refractivity contribution is 6.24. The summed E-state index contributed by atoms with van der Waals surface area (Å²) < 4.78 is 0. The summed E-state index contributed by atoms with van der Waals surface area (Å²) in [5, 5.41) is 11.4. The summed E-state index contributed by atoms with van der Waals surface area (Å²) in [4.78, 5) is 5.26. The van der Waals surface area contributed by atoms with Crippen LogP contribution in [0.3, 0.4) is 0 Å². The summed E-state index contributed by atoms with van der Waals surface area (Å²) >= 11 is 0. The molecular weight excluding hydrogens is 484 g/mol. The number of para-hydroxylation sites is 1. The molecule has 1 aliphatic rings. The maximum atomic E-state index is 5.26. The third-order valence-corrected chi connectivity index (χ3v) is 8.04. The van der Waals surface area contributed by atoms with E-state index in [9.17, 15) is 0 Å². The summed E-state index contributed by atoms with van der Waals surface area (Å²) in [6, 6.07) is 52.1. The minimum Gasteiger partial charge on any atom is -0.360 e. The van der Waals surface area contributed by atoms with Crippen molar-refractivity contribution in [2.24, 2.45) is 4.99 Å². The quantitative estimate of drug-likeness (QED) is 0.235. The first-order valence-electron chi connectivity index (χ1n) is 13.8. The van der Waals surface area contributed by atoms with Crippen LogP contribution in [0.2, 0.25) is 0 Å². The number of rotatable bonds is 3. The molecule has 0 aliphatic carbocycles. The van der Waals surface area contributed by atoms with Crippen LogP contribution in [0.15, 0.2) is 151 Å². The number of anilines is 1. The summed E-state index contributed by atoms with van der Waals surface area (Å²) in [7, 11) is 0. The molecule has 0 aromatic heterocycles. The minimum atomic E-state index is -0.183. The molecule has 0 spiro atoms. The van der Waals surface area contributed by atoms with Gasteiger partial charge in [-0.15, -0.1) is 0 Å². The predicted molar refractivity (Wildman–Crippen MR) is 169 cm³/mol. The first kappa shape index (κ1) is 22.7. The zero-order valence-corrected chi connectivity index (χ0v) is 21.9. The van der Waals surface area contributed by atoms with E-state index < -0.39 is 0 Å². The Labute approximate surface area is 233 Å². The maximum absolute atomic E-state index is 5.26. The minimum absolute atomic E-state index is 0.183. The summed E-state index contributed by atoms with van der Waals surface area (Å²) in [5.41, 5.74) is 7.97. The van der Waals surface area contributed by atoms with Gasteiger partial charge in [-0.1, -0.05) is 127 Å². The molecule has 0 radical (unpaired) electrons. The molecule has 0 bridgehead atoms. The first-order chi connectivity index (χ1) is 19.8. The van der Waals surface area contributed by atoms with E-state index in [2.05, 4.69) is 151 Å². The van der Waals surface area contributed by atoms with Gasteiger partial charge < -0.3 is 5.32 Å². The summed E-state index contributed by atoms with van der Waals surface area (Å²) in [6.45, 7) is 0. The second kappa shape index (κ2) is 9.21. The fourth-order valence-corrected chi connectivity index (χ4v) is 6.16. The predicted octanol–water partition coefficient (Wildman–Crippen LogP) is 9.77. The molecule has 0 saturated carbocycles. The number of benzene rings is 7. The largest absolute Gasteiger partial charge is 0.360 e. The number of fused-ring (bicyclic) bond motifs is 6. The number of aliphatic imine (C=N–C) groups is 1. The van der Waals surface area contributed by atoms with Gasteiger partial charge in [-0.3, -0.25) is 4.99 Å². The van der Waals surface area contributed by atoms with Crippen molar-refractivity contribution >= 4 is 43.7 Å². The molecule has 8 rings (SSSR count). The molecule has 1 aliphatic heterocycles. The average Bonchev–Trinajstić information content (AvgIpc) is 3.04. The van der Waals surface area contributed by atoms with Crippen molar-refractivity contribution < 1.29 is 0 Å². The molecular formula is C38H26N2. The molecule has 1 unspecified atom stereocenters. The third kappa shape index (κ3) is 3.69. The van der Waals surface area contributed by atoms with Gasteiger partial charge in [0.05, 0.1) is 5.71 Å². The fourth-order valence-electron chi connectivity index (χ4n) is 6.16. The smallest absolute Gasteiger partial charge is 0.145 e. The van der Waals surface area contributed by atoms with Crippen molar-refractivity contribution in [3.8, 4) is 11.1 Å². The zero-order valence-electron chi connectivity index (χ0n) is 21.9. The van der Waals surface area contributed by atoms with Crippen LogP contribution in [0, 0.1) is 0 Å². The van der Waals surface area contributed by atoms with Crippen molar-refractivity contribution in [1.29, 1.82) is 0 Å². The Hall–Kier alpha value is -5.21. The van der Waals surface area contributed by atoms with Gasteiger partial charge in [-0.25, -0.2) is 0 Å². The molecule has 0 saturated heterocycles. The molecule has 0 fully saturated rings. The Balaban J connectivity index is 1.32. The fraction of sp³-hybridized carbons (Fsp3) is 0.0263. The highest BCUT2D eigenvalue weighted by Crippen LogP contribution is 2.40. The van der Waals surface area contributed by atoms with Crippen molar-refractivity contribution in [1.82, 2.24) is 0 Å². The van der Waals surface area contributed by atoms with Crippen LogP contribution in [0.5, 0.6) is 0 Å². The van der Waals surface area contributed by atoms with Crippen LogP contribution < -0.4 is 5.32 Å². The van der Waals surface area contributed by atoms with Crippen LogP contribution in [-0.2, 0) is 0 Å². The standard InChI is InChI=1S/C38H26N2/c1-2-12-26(13-3-1)37-33-19-8-9-20-35(33)39-38(40-37)29-16-10-15-27(23-29)34-24-28-14-5-7-18-31(28)36-30-17-6-4-11-25(30)21-22-32(34)36/h1-24,38-39H. The Morgan fingerprint density at radius 3 is 2.05 bits per heavy atom. The van der Waals surface area contributed by atoms with E-state index in [-0.39, 0.29) is 6.17 Å². The second-order valence-corrected chi connectivity index (χ2v) is 10.4. The summed E-state index contributed by atoms with van der Waals surface area (Å²) in [6.07, 6.45) is -0.183. The molecule has 0 amide bonds. The first-order valence-corrected chi connectivity index (χ1v) is 13.8. The van der Waals surface area contributed by atoms with E-state index in [4.69, 9.17) is 4.99 Å². The molecule has 2 nitrogen and oxygen atoms in total. The van der Waals surface area contributed by atoms with Gasteiger partial charge in [0.25, 0.3) is 0 Å². The van der Waals surface area contributed by atoms with Gasteiger partial charge in [0.2, 0.25) is 0 Å². The van der Waals surface area contributed by atoms with Crippen LogP contribution in [0.1, 0.15) is 22.9 Å². The second-order valence-electron chi connectivity index (χ2n) is 10.4. The van der Waals surface area contributed by atoms with E-state index in [1.807, 2.05) is 0 Å². The van der Waals surface area contributed by atoms with Gasteiger partial charge in [-0.2, -0.15) is 0 Å². The Morgan fingerprint density at radius 2 is 1.18 bits per heavy atom. The molecule has 1 N–H and O–H groups in total. The molecule has 7 aromatic carbocycles. The van der Waals surface area contributed by atoms with Crippen LogP contribution in [0.4, 0.5) is 5.69 Å². The van der Waals surface area contributed by atoms with E-state index in [0.717, 1.165) is 28.1 Å². The molecule has 7 aromatic rings. The Morgan fingerprint density at radius 1 is 0.475 bits per heavy atom. The summed E-state index contributed by atoms with van der Waals surface area (Å²) in [5.74, 6) is 0. The van der Waals surface area contributed by atoms with Crippen LogP contribution in [0.25, 0.3) is 43.4 Å². The lowest BCUT2D eigenvalue weighted by Gasteiger charge is -2.26. The lowest BCUT2D eigenvalue weighted by atomic mass is 9.89. The normalized spacial score (nSPS) is 14.6. The molecule has 2 heteroatoms. The van der Waals surface area contributed by atoms with E-state index >= 15 is 0 Å². The molecule has 40 heavy (non-hydrogen) atoms. The van der Waals surface area contributed by atoms with Crippen LogP contribution in [-0.4, -0.2) is 5.71 Å². The van der Waals surface area contributed by atoms with Crippen molar-refractivity contribution in [2.45, 2.75) is 6.17 Å². The van der Waals surface area contributed by atoms with Gasteiger partial charge in [0.15, 0.2) is 0 Å². The number of hydrogen-bond acceptors (Lipinski definition) is 2. The molecule has 188 valence electrons. The highest BCUT2D eigenvalue weighted by atomic mass is 15.1. The Kier molecular flexibility index (Phi) is 5.24. The number of nitrogens with zero attached hydrogens (tertiary/aromatic N) is 1. The average molecular weight is 511 g/mol. The van der Waals surface area contributed by atoms with Crippen molar-refractivity contribution in [3.05, 3.63) is 162 Å². The molecule has 1 heterocycles. The third-order valence-electron chi connectivity index (χ3n) is 8.04. The van der Waals surface area contributed by atoms with Crippen molar-refractivity contribution in [2.75, 3.05) is 5.32 Å². The Bertz CT molecular complexity index is 2070. The lowest BCUT2D eigenvalue weighted by molar-refractivity contribution is 0.828. The monoisotopic (exact) mass is 510 g/mol. The van der Waals surface area contributed by atoms with Gasteiger partial charge in [0, 0.05) is 16.8 Å². The SMILES string of the molecule is c1ccc(C2=NC(c3cccc(-c4cc5ccccc5c5c4ccc4ccccc45)c3)Nc3ccccc32)cc1. The van der Waals surface area contributed by atoms with E-state index in [0.29, 0.717) is 0 Å². The van der Waals surface area contributed by atoms with E-state index in [1.54, 1.807) is 0 Å². The van der Waals surface area contributed by atoms with Gasteiger partial charge >= 0.3 is 0 Å². The lowest BCUT2D eigenvalue weighted by Crippen LogP contribution is -2.20. The van der Waals surface area contributed by atoms with Crippen LogP contribution >= 0.6 is 0 Å². The maximum Gasteiger partial charge on any atom is 0.145 e. The van der Waals surface area contributed by atoms with E-state index in [1.165, 1.54) is 43.4 Å². The highest BCUT2D eigenvalue weighted by Gasteiger charge is 2.23. The topological polar surface area (TPSA) is 24.4 Å². The zero-order chi connectivity index (χ0) is 26.5. The van der Waals surface area contributed by atoms with Crippen molar-refractivity contribution in [3.63, 3.8) is 0 Å². The van der Waals surface area contributed by atoms with Gasteiger partial charge in [0.1, 0.15) is 6.17 Å².